The quantitative estimate of drug-likeness (QED) is 0.0402. The lowest BCUT2D eigenvalue weighted by Gasteiger charge is -2.39. The van der Waals surface area contributed by atoms with E-state index >= 15 is 0 Å². The molecule has 45 heavy (non-hydrogen) atoms. The smallest absolute Gasteiger partial charge is 0.0681 e. The summed E-state index contributed by atoms with van der Waals surface area (Å²) < 4.78 is 0. The molecule has 0 aliphatic heterocycles. The lowest BCUT2D eigenvalue weighted by atomic mass is 10.1. The Morgan fingerprint density at radius 1 is 0.289 bits per heavy atom. The fourth-order valence-electron chi connectivity index (χ4n) is 6.41. The second-order valence-corrected chi connectivity index (χ2v) is 14.2. The third-order valence-electron chi connectivity index (χ3n) is 9.40. The van der Waals surface area contributed by atoms with Crippen LogP contribution in [0.25, 0.3) is 0 Å². The molecule has 6 nitrogen and oxygen atoms in total. The standard InChI is InChI=1S/C39H82N2O4/c1-5-9-13-17-21-25-29-37(43)33-40(32-36(42)28-24-20-16-12-8-4)41(34-38(44)30-26-22-18-14-10-6-2)35-39(45)31-27-23-19-15-11-7-3/h36-39,42-45H,5-35H2,1-4H3. The van der Waals surface area contributed by atoms with E-state index in [1.807, 2.05) is 0 Å². The van der Waals surface area contributed by atoms with Crippen molar-refractivity contribution in [3.05, 3.63) is 0 Å². The average molecular weight is 643 g/mol. The average Bonchev–Trinajstić information content (AvgIpc) is 3.01. The summed E-state index contributed by atoms with van der Waals surface area (Å²) in [5.41, 5.74) is 0. The molecule has 4 atom stereocenters. The molecule has 0 saturated carbocycles. The maximum Gasteiger partial charge on any atom is 0.0681 e. The molecule has 0 bridgehead atoms. The molecule has 0 saturated heterocycles. The predicted octanol–water partition coefficient (Wildman–Crippen LogP) is 9.56. The van der Waals surface area contributed by atoms with Crippen LogP contribution in [0.1, 0.15) is 201 Å². The van der Waals surface area contributed by atoms with Gasteiger partial charge in [0.05, 0.1) is 24.4 Å². The van der Waals surface area contributed by atoms with Crippen molar-refractivity contribution in [1.29, 1.82) is 0 Å². The van der Waals surface area contributed by atoms with Crippen molar-refractivity contribution >= 4 is 0 Å². The van der Waals surface area contributed by atoms with Crippen LogP contribution in [-0.4, -0.2) is 81.0 Å². The minimum atomic E-state index is -0.484. The van der Waals surface area contributed by atoms with Crippen molar-refractivity contribution in [3.8, 4) is 0 Å². The molecule has 0 heterocycles. The molecule has 0 aliphatic rings. The van der Waals surface area contributed by atoms with Gasteiger partial charge in [-0.05, 0) is 25.7 Å². The minimum absolute atomic E-state index is 0.439. The van der Waals surface area contributed by atoms with Crippen LogP contribution in [0.3, 0.4) is 0 Å². The first-order valence-corrected chi connectivity index (χ1v) is 20.1. The number of aliphatic hydroxyl groups is 4. The van der Waals surface area contributed by atoms with Gasteiger partial charge >= 0.3 is 0 Å². The summed E-state index contributed by atoms with van der Waals surface area (Å²) in [4.78, 5) is 0. The Bertz CT molecular complexity index is 557. The van der Waals surface area contributed by atoms with Gasteiger partial charge in [0.2, 0.25) is 0 Å². The summed E-state index contributed by atoms with van der Waals surface area (Å²) in [5.74, 6) is 0. The van der Waals surface area contributed by atoms with Crippen LogP contribution < -0.4 is 0 Å². The lowest BCUT2D eigenvalue weighted by molar-refractivity contribution is -0.111. The van der Waals surface area contributed by atoms with Gasteiger partial charge in [-0.15, -0.1) is 0 Å². The van der Waals surface area contributed by atoms with E-state index in [1.165, 1.54) is 96.3 Å². The van der Waals surface area contributed by atoms with E-state index in [9.17, 15) is 20.4 Å². The molecule has 4 N–H and O–H groups in total. The van der Waals surface area contributed by atoms with E-state index in [-0.39, 0.29) is 0 Å². The fourth-order valence-corrected chi connectivity index (χ4v) is 6.41. The highest BCUT2D eigenvalue weighted by molar-refractivity contribution is 4.74. The van der Waals surface area contributed by atoms with Crippen LogP contribution in [0.15, 0.2) is 0 Å². The molecule has 6 heteroatoms. The number of hydrogen-bond donors (Lipinski definition) is 4. The summed E-state index contributed by atoms with van der Waals surface area (Å²) in [6.07, 6.45) is 28.4. The Balaban J connectivity index is 5.40. The predicted molar refractivity (Wildman–Crippen MR) is 195 cm³/mol. The van der Waals surface area contributed by atoms with Crippen LogP contribution in [0, 0.1) is 0 Å². The van der Waals surface area contributed by atoms with Crippen molar-refractivity contribution in [2.45, 2.75) is 225 Å². The summed E-state index contributed by atoms with van der Waals surface area (Å²) >= 11 is 0. The first kappa shape index (κ1) is 44.8. The van der Waals surface area contributed by atoms with Crippen molar-refractivity contribution in [1.82, 2.24) is 10.0 Å². The number of aliphatic hydroxyl groups excluding tert-OH is 4. The molecular formula is C39H82N2O4. The highest BCUT2D eigenvalue weighted by Gasteiger charge is 2.26. The maximum absolute atomic E-state index is 11.1. The highest BCUT2D eigenvalue weighted by Crippen LogP contribution is 2.17. The van der Waals surface area contributed by atoms with Crippen LogP contribution in [0.2, 0.25) is 0 Å². The van der Waals surface area contributed by atoms with E-state index in [1.54, 1.807) is 0 Å². The molecule has 0 amide bonds. The van der Waals surface area contributed by atoms with Gasteiger partial charge in [-0.1, -0.05) is 175 Å². The first-order chi connectivity index (χ1) is 21.9. The van der Waals surface area contributed by atoms with Gasteiger partial charge in [-0.25, -0.2) is 10.0 Å². The van der Waals surface area contributed by atoms with Crippen LogP contribution >= 0.6 is 0 Å². The van der Waals surface area contributed by atoms with Crippen molar-refractivity contribution < 1.29 is 20.4 Å². The molecule has 0 fully saturated rings. The third kappa shape index (κ3) is 29.6. The number of hydrazine groups is 1. The SMILES string of the molecule is CCCCCCCCC(O)CN(CC(O)CCCCCCC)N(CC(O)CCCCCCCC)CC(O)CCCCCCCC. The second kappa shape index (κ2) is 33.7. The van der Waals surface area contributed by atoms with Crippen LogP contribution in [0.4, 0.5) is 0 Å². The van der Waals surface area contributed by atoms with Gasteiger partial charge in [-0.3, -0.25) is 0 Å². The zero-order valence-electron chi connectivity index (χ0n) is 30.9. The van der Waals surface area contributed by atoms with Gasteiger partial charge in [-0.2, -0.15) is 0 Å². The molecule has 0 rings (SSSR count). The largest absolute Gasteiger partial charge is 0.392 e. The van der Waals surface area contributed by atoms with Crippen molar-refractivity contribution in [2.24, 2.45) is 0 Å². The summed E-state index contributed by atoms with van der Waals surface area (Å²) in [5, 5.41) is 48.7. The second-order valence-electron chi connectivity index (χ2n) is 14.2. The van der Waals surface area contributed by atoms with Crippen molar-refractivity contribution in [2.75, 3.05) is 26.2 Å². The van der Waals surface area contributed by atoms with E-state index < -0.39 is 24.4 Å². The molecular weight excluding hydrogens is 560 g/mol. The number of hydrogen-bond acceptors (Lipinski definition) is 6. The Kier molecular flexibility index (Phi) is 33.5. The molecule has 272 valence electrons. The topological polar surface area (TPSA) is 87.4 Å². The van der Waals surface area contributed by atoms with Gasteiger partial charge in [0.15, 0.2) is 0 Å². The Hall–Kier alpha value is -0.240. The Morgan fingerprint density at radius 3 is 0.667 bits per heavy atom. The van der Waals surface area contributed by atoms with Gasteiger partial charge < -0.3 is 20.4 Å². The lowest BCUT2D eigenvalue weighted by Crippen LogP contribution is -2.54. The van der Waals surface area contributed by atoms with Crippen molar-refractivity contribution in [3.63, 3.8) is 0 Å². The van der Waals surface area contributed by atoms with Crippen LogP contribution in [0.5, 0.6) is 0 Å². The molecule has 0 radical (unpaired) electrons. The minimum Gasteiger partial charge on any atom is -0.392 e. The Morgan fingerprint density at radius 2 is 0.467 bits per heavy atom. The van der Waals surface area contributed by atoms with Crippen LogP contribution in [-0.2, 0) is 0 Å². The number of nitrogens with zero attached hydrogens (tertiary/aromatic N) is 2. The maximum atomic E-state index is 11.1. The number of rotatable bonds is 36. The highest BCUT2D eigenvalue weighted by atomic mass is 16.3. The zero-order valence-corrected chi connectivity index (χ0v) is 30.9. The fraction of sp³-hybridized carbons (Fsp3) is 1.00. The number of unbranched alkanes of at least 4 members (excludes halogenated alkanes) is 19. The summed E-state index contributed by atoms with van der Waals surface area (Å²) in [7, 11) is 0. The van der Waals surface area contributed by atoms with E-state index in [4.69, 9.17) is 0 Å². The van der Waals surface area contributed by atoms with E-state index in [2.05, 4.69) is 37.7 Å². The third-order valence-corrected chi connectivity index (χ3v) is 9.40. The molecule has 0 aromatic rings. The molecule has 0 aliphatic carbocycles. The molecule has 0 aromatic heterocycles. The first-order valence-electron chi connectivity index (χ1n) is 20.1. The Labute approximate surface area is 281 Å². The van der Waals surface area contributed by atoms with Gasteiger partial charge in [0, 0.05) is 26.2 Å². The molecule has 4 unspecified atom stereocenters. The monoisotopic (exact) mass is 643 g/mol. The van der Waals surface area contributed by atoms with E-state index in [0.29, 0.717) is 26.2 Å². The normalized spacial score (nSPS) is 14.8. The van der Waals surface area contributed by atoms with Gasteiger partial charge in [0.25, 0.3) is 0 Å². The molecule has 0 aromatic carbocycles. The van der Waals surface area contributed by atoms with Gasteiger partial charge in [0.1, 0.15) is 0 Å². The van der Waals surface area contributed by atoms with E-state index in [0.717, 1.165) is 77.0 Å². The summed E-state index contributed by atoms with van der Waals surface area (Å²) in [6.45, 7) is 10.7. The zero-order chi connectivity index (χ0) is 33.4. The molecule has 0 spiro atoms. The summed E-state index contributed by atoms with van der Waals surface area (Å²) in [6, 6.07) is 0.